The first-order valence-corrected chi connectivity index (χ1v) is 5.12. The number of hydrogen-bond donors (Lipinski definition) is 1. The quantitative estimate of drug-likeness (QED) is 0.835. The highest BCUT2D eigenvalue weighted by atomic mass is 35.5. The van der Waals surface area contributed by atoms with Crippen LogP contribution in [-0.2, 0) is 0 Å². The molecule has 0 amide bonds. The Labute approximate surface area is 101 Å². The van der Waals surface area contributed by atoms with Crippen molar-refractivity contribution < 1.29 is 4.39 Å². The highest BCUT2D eigenvalue weighted by Gasteiger charge is 2.02. The zero-order valence-corrected chi connectivity index (χ0v) is 9.43. The monoisotopic (exact) mass is 257 g/mol. The number of anilines is 2. The number of nitrogens with zero attached hydrogens (tertiary/aromatic N) is 2. The average molecular weight is 258 g/mol. The van der Waals surface area contributed by atoms with Crippen LogP contribution in [0.3, 0.4) is 0 Å². The van der Waals surface area contributed by atoms with Gasteiger partial charge in [-0.05, 0) is 24.3 Å². The van der Waals surface area contributed by atoms with E-state index in [9.17, 15) is 4.39 Å². The zero-order valence-electron chi connectivity index (χ0n) is 7.92. The summed E-state index contributed by atoms with van der Waals surface area (Å²) >= 11 is 11.4. The zero-order chi connectivity index (χ0) is 11.5. The molecule has 2 rings (SSSR count). The Morgan fingerprint density at radius 1 is 1.00 bits per heavy atom. The number of nitrogens with one attached hydrogen (secondary N) is 1. The second-order valence-corrected chi connectivity index (χ2v) is 3.74. The van der Waals surface area contributed by atoms with E-state index < -0.39 is 0 Å². The summed E-state index contributed by atoms with van der Waals surface area (Å²) in [5.74, 6) is -0.0419. The summed E-state index contributed by atoms with van der Waals surface area (Å²) in [4.78, 5) is 7.83. The lowest BCUT2D eigenvalue weighted by molar-refractivity contribution is 0.628. The highest BCUT2D eigenvalue weighted by molar-refractivity contribution is 6.33. The van der Waals surface area contributed by atoms with Gasteiger partial charge in [0.2, 0.25) is 5.95 Å². The molecular formula is C10H6Cl2FN3. The first kappa shape index (κ1) is 11.1. The molecule has 0 aliphatic carbocycles. The van der Waals surface area contributed by atoms with E-state index in [0.717, 1.165) is 0 Å². The molecule has 0 bridgehead atoms. The highest BCUT2D eigenvalue weighted by Crippen LogP contribution is 2.18. The van der Waals surface area contributed by atoms with Crippen molar-refractivity contribution in [1.29, 1.82) is 0 Å². The van der Waals surface area contributed by atoms with Gasteiger partial charge in [0.1, 0.15) is 16.1 Å². The van der Waals surface area contributed by atoms with E-state index in [1.54, 1.807) is 12.1 Å². The first-order chi connectivity index (χ1) is 7.63. The predicted molar refractivity (Wildman–Crippen MR) is 61.7 cm³/mol. The minimum absolute atomic E-state index is 0.240. The Hall–Kier alpha value is -1.39. The Bertz CT molecular complexity index is 482. The van der Waals surface area contributed by atoms with Gasteiger partial charge in [-0.2, -0.15) is 0 Å². The summed E-state index contributed by atoms with van der Waals surface area (Å²) < 4.78 is 12.7. The van der Waals surface area contributed by atoms with Crippen molar-refractivity contribution in [3.8, 4) is 0 Å². The largest absolute Gasteiger partial charge is 0.324 e. The van der Waals surface area contributed by atoms with E-state index in [4.69, 9.17) is 23.2 Å². The summed E-state index contributed by atoms with van der Waals surface area (Å²) in [6.45, 7) is 0. The number of halogens is 3. The number of benzene rings is 1. The van der Waals surface area contributed by atoms with Crippen molar-refractivity contribution in [1.82, 2.24) is 9.97 Å². The van der Waals surface area contributed by atoms with Crippen LogP contribution >= 0.6 is 23.2 Å². The minimum atomic E-state index is -0.310. The van der Waals surface area contributed by atoms with E-state index in [1.165, 1.54) is 18.2 Å². The predicted octanol–water partition coefficient (Wildman–Crippen LogP) is 3.67. The van der Waals surface area contributed by atoms with E-state index in [1.807, 2.05) is 0 Å². The lowest BCUT2D eigenvalue weighted by atomic mass is 10.3. The normalized spacial score (nSPS) is 10.2. The van der Waals surface area contributed by atoms with E-state index in [0.29, 0.717) is 5.69 Å². The van der Waals surface area contributed by atoms with Gasteiger partial charge in [-0.3, -0.25) is 0 Å². The van der Waals surface area contributed by atoms with Gasteiger partial charge in [0.25, 0.3) is 0 Å². The summed E-state index contributed by atoms with van der Waals surface area (Å²) in [5, 5.41) is 3.34. The van der Waals surface area contributed by atoms with Crippen LogP contribution in [0.25, 0.3) is 0 Å². The molecule has 1 aromatic carbocycles. The van der Waals surface area contributed by atoms with Crippen LogP contribution in [-0.4, -0.2) is 9.97 Å². The maximum absolute atomic E-state index is 12.7. The molecule has 0 radical (unpaired) electrons. The van der Waals surface area contributed by atoms with Gasteiger partial charge >= 0.3 is 0 Å². The van der Waals surface area contributed by atoms with Crippen LogP contribution in [0.2, 0.25) is 10.3 Å². The number of rotatable bonds is 2. The lowest BCUT2D eigenvalue weighted by Crippen LogP contribution is -1.97. The number of hydrogen-bond acceptors (Lipinski definition) is 3. The van der Waals surface area contributed by atoms with Crippen LogP contribution in [0, 0.1) is 5.82 Å². The van der Waals surface area contributed by atoms with Crippen molar-refractivity contribution in [3.63, 3.8) is 0 Å². The molecule has 0 unspecified atom stereocenters. The van der Waals surface area contributed by atoms with Gasteiger partial charge in [0, 0.05) is 11.8 Å². The fourth-order valence-corrected chi connectivity index (χ4v) is 1.53. The van der Waals surface area contributed by atoms with Gasteiger partial charge in [-0.25, -0.2) is 14.4 Å². The van der Waals surface area contributed by atoms with E-state index >= 15 is 0 Å². The van der Waals surface area contributed by atoms with Crippen LogP contribution in [0.5, 0.6) is 0 Å². The molecule has 6 heteroatoms. The molecule has 16 heavy (non-hydrogen) atoms. The Morgan fingerprint density at radius 3 is 2.12 bits per heavy atom. The summed E-state index contributed by atoms with van der Waals surface area (Å²) in [7, 11) is 0. The van der Waals surface area contributed by atoms with E-state index in [2.05, 4.69) is 15.3 Å². The summed E-state index contributed by atoms with van der Waals surface area (Å²) in [5.41, 5.74) is 0.653. The van der Waals surface area contributed by atoms with Crippen LogP contribution in [0.15, 0.2) is 30.3 Å². The third-order valence-corrected chi connectivity index (χ3v) is 2.15. The molecule has 1 N–H and O–H groups in total. The summed E-state index contributed by atoms with van der Waals surface area (Å²) in [6, 6.07) is 7.21. The molecule has 0 aliphatic rings. The van der Waals surface area contributed by atoms with Crippen molar-refractivity contribution in [3.05, 3.63) is 46.5 Å². The smallest absolute Gasteiger partial charge is 0.230 e. The molecule has 1 aromatic heterocycles. The minimum Gasteiger partial charge on any atom is -0.324 e. The molecule has 0 spiro atoms. The molecule has 0 aliphatic heterocycles. The molecule has 0 saturated heterocycles. The molecule has 0 atom stereocenters. The molecule has 1 heterocycles. The fourth-order valence-electron chi connectivity index (χ4n) is 1.11. The topological polar surface area (TPSA) is 37.8 Å². The van der Waals surface area contributed by atoms with Gasteiger partial charge < -0.3 is 5.32 Å². The van der Waals surface area contributed by atoms with Gasteiger partial charge in [0.05, 0.1) is 0 Å². The van der Waals surface area contributed by atoms with Crippen molar-refractivity contribution in [2.45, 2.75) is 0 Å². The van der Waals surface area contributed by atoms with Gasteiger partial charge in [-0.15, -0.1) is 0 Å². The van der Waals surface area contributed by atoms with Crippen LogP contribution < -0.4 is 5.32 Å². The van der Waals surface area contributed by atoms with Crippen LogP contribution in [0.1, 0.15) is 0 Å². The standard InChI is InChI=1S/C10H6Cl2FN3/c11-8-5-9(12)16-10(15-8)14-7-3-1-6(13)2-4-7/h1-5H,(H,14,15,16). The average Bonchev–Trinajstić information content (AvgIpc) is 2.20. The molecule has 3 nitrogen and oxygen atoms in total. The summed E-state index contributed by atoms with van der Waals surface area (Å²) in [6.07, 6.45) is 0. The second-order valence-electron chi connectivity index (χ2n) is 2.97. The van der Waals surface area contributed by atoms with Gasteiger partial charge in [0.15, 0.2) is 0 Å². The Balaban J connectivity index is 2.23. The third kappa shape index (κ3) is 2.81. The van der Waals surface area contributed by atoms with Crippen molar-refractivity contribution in [2.75, 3.05) is 5.32 Å². The number of aromatic nitrogens is 2. The Morgan fingerprint density at radius 2 is 1.56 bits per heavy atom. The van der Waals surface area contributed by atoms with E-state index in [-0.39, 0.29) is 22.1 Å². The van der Waals surface area contributed by atoms with Crippen molar-refractivity contribution in [2.24, 2.45) is 0 Å². The maximum Gasteiger partial charge on any atom is 0.230 e. The maximum atomic E-state index is 12.7. The fraction of sp³-hybridized carbons (Fsp3) is 0. The molecule has 2 aromatic rings. The molecular weight excluding hydrogens is 252 g/mol. The third-order valence-electron chi connectivity index (χ3n) is 1.76. The second kappa shape index (κ2) is 4.63. The van der Waals surface area contributed by atoms with Crippen molar-refractivity contribution >= 4 is 34.8 Å². The lowest BCUT2D eigenvalue weighted by Gasteiger charge is -2.04. The molecule has 0 fully saturated rings. The molecule has 0 saturated carbocycles. The SMILES string of the molecule is Fc1ccc(Nc2nc(Cl)cc(Cl)n2)cc1. The van der Waals surface area contributed by atoms with Crippen LogP contribution in [0.4, 0.5) is 16.0 Å². The molecule has 82 valence electrons. The Kier molecular flexibility index (Phi) is 3.22. The van der Waals surface area contributed by atoms with Gasteiger partial charge in [-0.1, -0.05) is 23.2 Å². The first-order valence-electron chi connectivity index (χ1n) is 4.36.